The number of ether oxygens (including phenoxy) is 5. The molecule has 1 N–H and O–H groups in total. The fourth-order valence-electron chi connectivity index (χ4n) is 5.45. The summed E-state index contributed by atoms with van der Waals surface area (Å²) in [5.74, 6) is 4.76. The molecule has 0 amide bonds. The smallest absolute Gasteiger partial charge is 0.132 e. The van der Waals surface area contributed by atoms with E-state index in [4.69, 9.17) is 23.7 Å². The predicted octanol–water partition coefficient (Wildman–Crippen LogP) is 7.09. The van der Waals surface area contributed by atoms with Gasteiger partial charge in [0.2, 0.25) is 0 Å². The van der Waals surface area contributed by atoms with Crippen molar-refractivity contribution >= 4 is 22.5 Å². The zero-order valence-corrected chi connectivity index (χ0v) is 24.9. The van der Waals surface area contributed by atoms with Crippen molar-refractivity contribution in [2.75, 3.05) is 46.8 Å². The van der Waals surface area contributed by atoms with Crippen LogP contribution in [0.1, 0.15) is 29.9 Å². The third-order valence-electron chi connectivity index (χ3n) is 7.53. The summed E-state index contributed by atoms with van der Waals surface area (Å²) in [6.07, 6.45) is 2.02. The molecular weight excluding hydrogens is 534 g/mol. The first-order valence-corrected chi connectivity index (χ1v) is 15.1. The molecule has 0 aliphatic carbocycles. The van der Waals surface area contributed by atoms with Crippen LogP contribution < -0.4 is 24.3 Å². The third-order valence-corrected chi connectivity index (χ3v) is 8.67. The lowest BCUT2D eigenvalue weighted by atomic mass is 9.87. The maximum Gasteiger partial charge on any atom is 0.132 e. The molecule has 1 aliphatic rings. The molecule has 0 saturated carbocycles. The van der Waals surface area contributed by atoms with Gasteiger partial charge in [-0.3, -0.25) is 0 Å². The molecule has 1 saturated heterocycles. The largest absolute Gasteiger partial charge is 0.496 e. The van der Waals surface area contributed by atoms with Crippen LogP contribution in [0, 0.1) is 0 Å². The van der Waals surface area contributed by atoms with E-state index in [2.05, 4.69) is 47.8 Å². The number of thioether (sulfide) groups is 1. The van der Waals surface area contributed by atoms with Gasteiger partial charge >= 0.3 is 0 Å². The number of para-hydroxylation sites is 1. The average molecular weight is 574 g/mol. The van der Waals surface area contributed by atoms with Crippen LogP contribution in [-0.4, -0.2) is 52.9 Å². The van der Waals surface area contributed by atoms with E-state index in [1.54, 1.807) is 33.1 Å². The molecule has 5 rings (SSSR count). The van der Waals surface area contributed by atoms with Crippen LogP contribution in [0.2, 0.25) is 0 Å². The van der Waals surface area contributed by atoms with Crippen molar-refractivity contribution < 1.29 is 23.7 Å². The fraction of sp³-hybridized carbons (Fsp3) is 0.353. The topological polar surface area (TPSA) is 58.2 Å². The normalized spacial score (nSPS) is 16.9. The maximum atomic E-state index is 6.56. The highest BCUT2D eigenvalue weighted by Crippen LogP contribution is 2.38. The Morgan fingerprint density at radius 2 is 1.59 bits per heavy atom. The summed E-state index contributed by atoms with van der Waals surface area (Å²) in [7, 11) is 5.13. The molecule has 0 spiro atoms. The molecule has 41 heavy (non-hydrogen) atoms. The third kappa shape index (κ3) is 7.10. The zero-order chi connectivity index (χ0) is 28.4. The van der Waals surface area contributed by atoms with E-state index in [0.29, 0.717) is 19.1 Å². The Morgan fingerprint density at radius 3 is 2.37 bits per heavy atom. The summed E-state index contributed by atoms with van der Waals surface area (Å²) >= 11 is 1.80. The number of fused-ring (bicyclic) bond motifs is 1. The first-order chi connectivity index (χ1) is 20.2. The van der Waals surface area contributed by atoms with Gasteiger partial charge in [-0.15, -0.1) is 11.8 Å². The van der Waals surface area contributed by atoms with E-state index in [1.165, 1.54) is 5.56 Å². The van der Waals surface area contributed by atoms with Crippen LogP contribution >= 0.6 is 11.8 Å². The summed E-state index contributed by atoms with van der Waals surface area (Å²) < 4.78 is 29.6. The summed E-state index contributed by atoms with van der Waals surface area (Å²) in [6, 6.07) is 26.8. The van der Waals surface area contributed by atoms with Gasteiger partial charge in [0.05, 0.1) is 40.6 Å². The lowest BCUT2D eigenvalue weighted by Gasteiger charge is -2.33. The maximum absolute atomic E-state index is 6.56. The summed E-state index contributed by atoms with van der Waals surface area (Å²) in [4.78, 5) is 1.16. The molecule has 4 aromatic carbocycles. The fourth-order valence-corrected chi connectivity index (χ4v) is 6.40. The molecular formula is C34H39NO5S. The Hall–Kier alpha value is -3.39. The lowest BCUT2D eigenvalue weighted by Crippen LogP contribution is -2.41. The second-order valence-corrected chi connectivity index (χ2v) is 11.2. The molecule has 1 heterocycles. The van der Waals surface area contributed by atoms with Crippen LogP contribution in [0.4, 0.5) is 0 Å². The Balaban J connectivity index is 1.17. The molecule has 4 aromatic rings. The van der Waals surface area contributed by atoms with E-state index in [0.717, 1.165) is 75.9 Å². The lowest BCUT2D eigenvalue weighted by molar-refractivity contribution is 0.00983. The second kappa shape index (κ2) is 14.5. The minimum absolute atomic E-state index is 0.0460. The van der Waals surface area contributed by atoms with Crippen molar-refractivity contribution in [2.24, 2.45) is 0 Å². The van der Waals surface area contributed by atoms with Gasteiger partial charge in [-0.2, -0.15) is 0 Å². The van der Waals surface area contributed by atoms with Crippen LogP contribution in [0.15, 0.2) is 83.8 Å². The van der Waals surface area contributed by atoms with Crippen molar-refractivity contribution in [1.29, 1.82) is 0 Å². The molecule has 1 fully saturated rings. The number of rotatable bonds is 13. The zero-order valence-electron chi connectivity index (χ0n) is 24.1. The van der Waals surface area contributed by atoms with Crippen molar-refractivity contribution in [3.8, 4) is 23.0 Å². The van der Waals surface area contributed by atoms with Crippen molar-refractivity contribution in [3.05, 3.63) is 90.0 Å². The number of methoxy groups -OCH3 is 3. The molecule has 0 radical (unpaired) electrons. The Kier molecular flexibility index (Phi) is 10.3. The van der Waals surface area contributed by atoms with Crippen molar-refractivity contribution in [2.45, 2.75) is 36.4 Å². The molecule has 7 heteroatoms. The number of hydrogen-bond donors (Lipinski definition) is 1. The Labute approximate surface area is 247 Å². The molecule has 0 aromatic heterocycles. The van der Waals surface area contributed by atoms with Crippen LogP contribution in [-0.2, 0) is 11.3 Å². The summed E-state index contributed by atoms with van der Waals surface area (Å²) in [5, 5.41) is 5.57. The molecule has 216 valence electrons. The molecule has 2 unspecified atom stereocenters. The van der Waals surface area contributed by atoms with E-state index in [1.807, 2.05) is 36.4 Å². The van der Waals surface area contributed by atoms with Gasteiger partial charge in [0, 0.05) is 39.4 Å². The van der Waals surface area contributed by atoms with Crippen molar-refractivity contribution in [1.82, 2.24) is 5.32 Å². The van der Waals surface area contributed by atoms with E-state index >= 15 is 0 Å². The first kappa shape index (κ1) is 29.1. The minimum Gasteiger partial charge on any atom is -0.496 e. The van der Waals surface area contributed by atoms with E-state index in [9.17, 15) is 0 Å². The number of hydrogen-bond acceptors (Lipinski definition) is 7. The molecule has 1 aliphatic heterocycles. The van der Waals surface area contributed by atoms with Gasteiger partial charge in [0.1, 0.15) is 23.0 Å². The van der Waals surface area contributed by atoms with Crippen molar-refractivity contribution in [3.63, 3.8) is 0 Å². The van der Waals surface area contributed by atoms with Gasteiger partial charge < -0.3 is 29.0 Å². The Morgan fingerprint density at radius 1 is 0.829 bits per heavy atom. The van der Waals surface area contributed by atoms with Gasteiger partial charge in [-0.1, -0.05) is 48.5 Å². The summed E-state index contributed by atoms with van der Waals surface area (Å²) in [6.45, 7) is 2.90. The molecule has 6 nitrogen and oxygen atoms in total. The van der Waals surface area contributed by atoms with Gasteiger partial charge in [0.25, 0.3) is 0 Å². The average Bonchev–Trinajstić information content (AvgIpc) is 3.03. The quantitative estimate of drug-likeness (QED) is 0.135. The number of piperidine rings is 1. The number of benzene rings is 4. The van der Waals surface area contributed by atoms with E-state index < -0.39 is 0 Å². The van der Waals surface area contributed by atoms with E-state index in [-0.39, 0.29) is 6.10 Å². The second-order valence-electron chi connectivity index (χ2n) is 10.0. The van der Waals surface area contributed by atoms with Gasteiger partial charge in [-0.25, -0.2) is 0 Å². The highest BCUT2D eigenvalue weighted by Gasteiger charge is 2.28. The SMILES string of the molecule is COc1ccccc1SCCCOc1ccc(C2CCNCC2OCc2cc(OC)c3ccccc3c2OC)cc1. The summed E-state index contributed by atoms with van der Waals surface area (Å²) in [5.41, 5.74) is 2.26. The first-order valence-electron chi connectivity index (χ1n) is 14.1. The predicted molar refractivity (Wildman–Crippen MR) is 166 cm³/mol. The van der Waals surface area contributed by atoms with Crippen LogP contribution in [0.25, 0.3) is 10.8 Å². The minimum atomic E-state index is 0.0460. The van der Waals surface area contributed by atoms with Crippen LogP contribution in [0.3, 0.4) is 0 Å². The monoisotopic (exact) mass is 573 g/mol. The highest BCUT2D eigenvalue weighted by atomic mass is 32.2. The number of nitrogens with one attached hydrogen (secondary N) is 1. The standard InChI is InChI=1S/C34H39NO5S/c1-36-30-11-6-7-12-33(30)41-20-8-19-39-26-15-13-24(14-16-26)27-17-18-35-22-32(27)40-23-25-21-31(37-2)28-9-4-5-10-29(28)34(25)38-3/h4-7,9-16,21,27,32,35H,8,17-20,22-23H2,1-3H3. The highest BCUT2D eigenvalue weighted by molar-refractivity contribution is 7.99. The molecule has 0 bridgehead atoms. The molecule has 2 atom stereocenters. The van der Waals surface area contributed by atoms with Crippen LogP contribution in [0.5, 0.6) is 23.0 Å². The Bertz CT molecular complexity index is 1410. The van der Waals surface area contributed by atoms with Gasteiger partial charge in [-0.05, 0) is 55.3 Å². The van der Waals surface area contributed by atoms with Gasteiger partial charge in [0.15, 0.2) is 0 Å².